The van der Waals surface area contributed by atoms with Gasteiger partial charge in [0.05, 0.1) is 0 Å². The minimum absolute atomic E-state index is 0.396. The monoisotopic (exact) mass is 536 g/mol. The van der Waals surface area contributed by atoms with Crippen molar-refractivity contribution < 1.29 is 10.2 Å². The Kier molecular flexibility index (Phi) is 17.0. The summed E-state index contributed by atoms with van der Waals surface area (Å²) in [5, 5.41) is 22.2. The van der Waals surface area contributed by atoms with Gasteiger partial charge in [-0.3, -0.25) is 0 Å². The van der Waals surface area contributed by atoms with Gasteiger partial charge in [-0.25, -0.2) is 0 Å². The van der Waals surface area contributed by atoms with E-state index in [1.807, 2.05) is 24.3 Å². The molecule has 2 nitrogen and oxygen atoms in total. The van der Waals surface area contributed by atoms with Crippen LogP contribution in [0.15, 0.2) is 36.4 Å². The van der Waals surface area contributed by atoms with Crippen LogP contribution in [0.25, 0.3) is 0 Å². The van der Waals surface area contributed by atoms with Gasteiger partial charge < -0.3 is 10.2 Å². The van der Waals surface area contributed by atoms with Crippen molar-refractivity contribution in [3.8, 4) is 11.5 Å². The molecular weight excluding hydrogens is 476 g/mol. The average molecular weight is 537 g/mol. The number of unbranched alkanes of at least 4 members (excludes halogenated alkanes) is 10. The summed E-state index contributed by atoms with van der Waals surface area (Å²) < 4.78 is 0. The third-order valence-electron chi connectivity index (χ3n) is 8.63. The van der Waals surface area contributed by atoms with Gasteiger partial charge in [-0.1, -0.05) is 142 Å². The van der Waals surface area contributed by atoms with Crippen LogP contribution in [0, 0.1) is 0 Å². The first-order valence-electron chi connectivity index (χ1n) is 16.7. The quantitative estimate of drug-likeness (QED) is 0.147. The van der Waals surface area contributed by atoms with Crippen LogP contribution in [0.4, 0.5) is 0 Å². The number of aromatic hydroxyl groups is 2. The molecule has 2 heteroatoms. The van der Waals surface area contributed by atoms with Gasteiger partial charge in [0.15, 0.2) is 0 Å². The van der Waals surface area contributed by atoms with E-state index in [-0.39, 0.29) is 0 Å². The molecule has 220 valence electrons. The lowest BCUT2D eigenvalue weighted by atomic mass is 9.81. The highest BCUT2D eigenvalue weighted by Gasteiger charge is 2.22. The molecule has 0 aromatic heterocycles. The Bertz CT molecular complexity index is 829. The maximum atomic E-state index is 11.1. The highest BCUT2D eigenvalue weighted by molar-refractivity contribution is 5.48. The second kappa shape index (κ2) is 20.0. The molecule has 2 aromatic rings. The summed E-state index contributed by atoms with van der Waals surface area (Å²) in [5.41, 5.74) is 4.79. The molecule has 0 aliphatic heterocycles. The molecule has 2 unspecified atom stereocenters. The maximum Gasteiger partial charge on any atom is 0.119 e. The number of hydrogen-bond acceptors (Lipinski definition) is 2. The van der Waals surface area contributed by atoms with Crippen LogP contribution in [0.2, 0.25) is 0 Å². The highest BCUT2D eigenvalue weighted by Crippen LogP contribution is 2.40. The fourth-order valence-corrected chi connectivity index (χ4v) is 6.56. The minimum atomic E-state index is 0.396. The van der Waals surface area contributed by atoms with Gasteiger partial charge in [0, 0.05) is 11.1 Å². The lowest BCUT2D eigenvalue weighted by molar-refractivity contribution is 0.441. The molecular formula is C37H60O2. The SMILES string of the molecule is CCCCCCCCC(CCC)c1c(O)cccc1Cc1cccc(O)c1C(CCC)CCCCCCCC. The van der Waals surface area contributed by atoms with Gasteiger partial charge >= 0.3 is 0 Å². The Labute approximate surface area is 241 Å². The second-order valence-corrected chi connectivity index (χ2v) is 12.0. The molecule has 0 bridgehead atoms. The molecule has 0 saturated heterocycles. The van der Waals surface area contributed by atoms with Crippen molar-refractivity contribution in [2.45, 2.75) is 162 Å². The second-order valence-electron chi connectivity index (χ2n) is 12.0. The summed E-state index contributed by atoms with van der Waals surface area (Å²) in [4.78, 5) is 0. The Morgan fingerprint density at radius 1 is 0.462 bits per heavy atom. The van der Waals surface area contributed by atoms with E-state index < -0.39 is 0 Å². The lowest BCUT2D eigenvalue weighted by Gasteiger charge is -2.25. The van der Waals surface area contributed by atoms with E-state index in [1.165, 1.54) is 88.2 Å². The first-order valence-corrected chi connectivity index (χ1v) is 16.7. The molecule has 0 fully saturated rings. The number of hydrogen-bond donors (Lipinski definition) is 2. The van der Waals surface area contributed by atoms with Crippen molar-refractivity contribution in [2.75, 3.05) is 0 Å². The largest absolute Gasteiger partial charge is 0.508 e. The van der Waals surface area contributed by atoms with E-state index in [0.717, 1.165) is 56.1 Å². The van der Waals surface area contributed by atoms with Crippen molar-refractivity contribution in [2.24, 2.45) is 0 Å². The van der Waals surface area contributed by atoms with Crippen molar-refractivity contribution in [3.63, 3.8) is 0 Å². The van der Waals surface area contributed by atoms with Gasteiger partial charge in [0.25, 0.3) is 0 Å². The van der Waals surface area contributed by atoms with Crippen LogP contribution >= 0.6 is 0 Å². The van der Waals surface area contributed by atoms with Crippen molar-refractivity contribution in [3.05, 3.63) is 58.7 Å². The molecule has 0 spiro atoms. The van der Waals surface area contributed by atoms with Gasteiger partial charge in [-0.05, 0) is 67.2 Å². The van der Waals surface area contributed by atoms with Crippen molar-refractivity contribution in [1.29, 1.82) is 0 Å². The van der Waals surface area contributed by atoms with E-state index in [1.54, 1.807) is 0 Å². The molecule has 39 heavy (non-hydrogen) atoms. The summed E-state index contributed by atoms with van der Waals surface area (Å²) in [6.07, 6.45) is 23.2. The molecule has 0 aliphatic rings. The van der Waals surface area contributed by atoms with Gasteiger partial charge in [0.1, 0.15) is 11.5 Å². The fourth-order valence-electron chi connectivity index (χ4n) is 6.56. The van der Waals surface area contributed by atoms with Crippen LogP contribution in [-0.2, 0) is 6.42 Å². The molecule has 0 saturated carbocycles. The molecule has 0 radical (unpaired) electrons. The van der Waals surface area contributed by atoms with Crippen LogP contribution in [0.5, 0.6) is 11.5 Å². The Hall–Kier alpha value is -1.96. The maximum absolute atomic E-state index is 11.1. The third-order valence-corrected chi connectivity index (χ3v) is 8.63. The predicted molar refractivity (Wildman–Crippen MR) is 170 cm³/mol. The minimum Gasteiger partial charge on any atom is -0.508 e. The lowest BCUT2D eigenvalue weighted by Crippen LogP contribution is -2.08. The predicted octanol–water partition coefficient (Wildman–Crippen LogP) is 12.0. The first-order chi connectivity index (χ1) is 19.1. The topological polar surface area (TPSA) is 40.5 Å². The Balaban J connectivity index is 2.25. The zero-order chi connectivity index (χ0) is 28.3. The van der Waals surface area contributed by atoms with Gasteiger partial charge in [0.2, 0.25) is 0 Å². The first kappa shape index (κ1) is 33.2. The Morgan fingerprint density at radius 2 is 0.846 bits per heavy atom. The molecule has 2 rings (SSSR count). The van der Waals surface area contributed by atoms with Crippen molar-refractivity contribution >= 4 is 0 Å². The average Bonchev–Trinajstić information content (AvgIpc) is 2.92. The zero-order valence-corrected chi connectivity index (χ0v) is 25.9. The van der Waals surface area contributed by atoms with Gasteiger partial charge in [-0.15, -0.1) is 0 Å². The molecule has 2 atom stereocenters. The van der Waals surface area contributed by atoms with E-state index in [0.29, 0.717) is 23.3 Å². The van der Waals surface area contributed by atoms with E-state index in [4.69, 9.17) is 0 Å². The number of phenols is 2. The Morgan fingerprint density at radius 3 is 1.23 bits per heavy atom. The highest BCUT2D eigenvalue weighted by atomic mass is 16.3. The summed E-state index contributed by atoms with van der Waals surface area (Å²) in [6, 6.07) is 12.2. The standard InChI is InChI=1S/C37H60O2/c1-5-9-11-13-15-17-23-30(21-7-3)36-32(25-19-27-34(36)38)29-33-26-20-28-35(39)37(33)31(22-8-4)24-18-16-14-12-10-6-2/h19-20,25-28,30-31,38-39H,5-18,21-24,29H2,1-4H3. The zero-order valence-electron chi connectivity index (χ0n) is 25.9. The molecule has 0 aliphatic carbocycles. The number of benzene rings is 2. The van der Waals surface area contributed by atoms with Crippen LogP contribution in [0.3, 0.4) is 0 Å². The number of phenolic OH excluding ortho intramolecular Hbond substituents is 2. The number of rotatable bonds is 22. The third kappa shape index (κ3) is 11.6. The summed E-state index contributed by atoms with van der Waals surface area (Å²) in [5.74, 6) is 1.70. The van der Waals surface area contributed by atoms with Gasteiger partial charge in [-0.2, -0.15) is 0 Å². The fraction of sp³-hybridized carbons (Fsp3) is 0.676. The summed E-state index contributed by atoms with van der Waals surface area (Å²) in [6.45, 7) is 9.07. The smallest absolute Gasteiger partial charge is 0.119 e. The molecule has 2 aromatic carbocycles. The van der Waals surface area contributed by atoms with E-state index in [2.05, 4.69) is 39.8 Å². The van der Waals surface area contributed by atoms with Crippen molar-refractivity contribution in [1.82, 2.24) is 0 Å². The van der Waals surface area contributed by atoms with Crippen LogP contribution < -0.4 is 0 Å². The summed E-state index contributed by atoms with van der Waals surface area (Å²) >= 11 is 0. The molecule has 0 heterocycles. The molecule has 2 N–H and O–H groups in total. The van der Waals surface area contributed by atoms with E-state index in [9.17, 15) is 10.2 Å². The summed E-state index contributed by atoms with van der Waals surface area (Å²) in [7, 11) is 0. The normalized spacial score (nSPS) is 13.0. The van der Waals surface area contributed by atoms with Crippen LogP contribution in [0.1, 0.15) is 177 Å². The van der Waals surface area contributed by atoms with E-state index >= 15 is 0 Å². The van der Waals surface area contributed by atoms with Crippen LogP contribution in [-0.4, -0.2) is 10.2 Å². The molecule has 0 amide bonds.